The molecule has 0 saturated carbocycles. The minimum absolute atomic E-state index is 0.0506. The summed E-state index contributed by atoms with van der Waals surface area (Å²) in [5.74, 6) is 0.920. The molecule has 0 N–H and O–H groups in total. The van der Waals surface area contributed by atoms with Gasteiger partial charge in [0.1, 0.15) is 11.4 Å². The maximum Gasteiger partial charge on any atom is 0.253 e. The lowest BCUT2D eigenvalue weighted by molar-refractivity contribution is 0.102. The predicted molar refractivity (Wildman–Crippen MR) is 79.9 cm³/mol. The molecule has 0 fully saturated rings. The monoisotopic (exact) mass is 324 g/mol. The minimum Gasteiger partial charge on any atom is -0.292 e. The predicted octanol–water partition coefficient (Wildman–Crippen LogP) is 3.12. The standard InChI is InChI=1S/C12H9ClN4OS2/c1-7-4-11(17-12(16-7)14-6-15-17)19-5-8(18)9-2-3-10(13)20-9/h2-4,6H,5H2,1H3. The Labute approximate surface area is 128 Å². The van der Waals surface area contributed by atoms with Crippen molar-refractivity contribution in [1.29, 1.82) is 0 Å². The fourth-order valence-corrected chi connectivity index (χ4v) is 3.69. The van der Waals surface area contributed by atoms with Crippen LogP contribution in [0.15, 0.2) is 29.6 Å². The molecule has 102 valence electrons. The number of ketones is 1. The van der Waals surface area contributed by atoms with Crippen LogP contribution in [0.3, 0.4) is 0 Å². The van der Waals surface area contributed by atoms with E-state index in [-0.39, 0.29) is 5.78 Å². The Bertz CT molecular complexity index is 783. The molecule has 3 heterocycles. The number of hydrogen-bond donors (Lipinski definition) is 0. The summed E-state index contributed by atoms with van der Waals surface area (Å²) in [4.78, 5) is 21.0. The Morgan fingerprint density at radius 1 is 1.50 bits per heavy atom. The van der Waals surface area contributed by atoms with Gasteiger partial charge in [-0.25, -0.2) is 4.98 Å². The normalized spacial score (nSPS) is 11.1. The SMILES string of the molecule is Cc1cc(SCC(=O)c2ccc(Cl)s2)n2ncnc2n1. The molecule has 0 aliphatic rings. The molecule has 0 unspecified atom stereocenters. The lowest BCUT2D eigenvalue weighted by Gasteiger charge is -2.03. The Morgan fingerprint density at radius 2 is 2.35 bits per heavy atom. The van der Waals surface area contributed by atoms with E-state index in [4.69, 9.17) is 11.6 Å². The number of fused-ring (bicyclic) bond motifs is 1. The van der Waals surface area contributed by atoms with Crippen molar-refractivity contribution >= 4 is 46.3 Å². The molecule has 0 aliphatic carbocycles. The number of nitrogens with zero attached hydrogens (tertiary/aromatic N) is 4. The Kier molecular flexibility index (Phi) is 3.73. The number of Topliss-reactive ketones (excluding diaryl/α,β-unsaturated/α-hetero) is 1. The highest BCUT2D eigenvalue weighted by molar-refractivity contribution is 8.00. The van der Waals surface area contributed by atoms with Crippen molar-refractivity contribution in [3.8, 4) is 0 Å². The molecule has 0 saturated heterocycles. The zero-order valence-corrected chi connectivity index (χ0v) is 12.8. The average Bonchev–Trinajstić information content (AvgIpc) is 3.03. The van der Waals surface area contributed by atoms with Gasteiger partial charge in [-0.1, -0.05) is 23.4 Å². The second-order valence-corrected chi connectivity index (χ2v) is 6.73. The summed E-state index contributed by atoms with van der Waals surface area (Å²) < 4.78 is 2.25. The number of aromatic nitrogens is 4. The van der Waals surface area contributed by atoms with Crippen molar-refractivity contribution < 1.29 is 4.79 Å². The molecule has 0 aromatic carbocycles. The fraction of sp³-hybridized carbons (Fsp3) is 0.167. The van der Waals surface area contributed by atoms with Crippen LogP contribution in [0.25, 0.3) is 5.78 Å². The number of halogens is 1. The van der Waals surface area contributed by atoms with Gasteiger partial charge < -0.3 is 0 Å². The lowest BCUT2D eigenvalue weighted by atomic mass is 10.4. The van der Waals surface area contributed by atoms with Crippen LogP contribution in [0.1, 0.15) is 15.4 Å². The quantitative estimate of drug-likeness (QED) is 0.419. The molecule has 0 bridgehead atoms. The summed E-state index contributed by atoms with van der Waals surface area (Å²) >= 11 is 8.55. The van der Waals surface area contributed by atoms with Gasteiger partial charge in [-0.3, -0.25) is 4.79 Å². The van der Waals surface area contributed by atoms with Crippen molar-refractivity contribution in [3.63, 3.8) is 0 Å². The number of thioether (sulfide) groups is 1. The zero-order valence-electron chi connectivity index (χ0n) is 10.4. The van der Waals surface area contributed by atoms with E-state index in [0.29, 0.717) is 20.7 Å². The van der Waals surface area contributed by atoms with Gasteiger partial charge in [-0.15, -0.1) is 11.3 Å². The molecule has 0 atom stereocenters. The van der Waals surface area contributed by atoms with E-state index < -0.39 is 0 Å². The van der Waals surface area contributed by atoms with Gasteiger partial charge in [0, 0.05) is 5.69 Å². The molecule has 20 heavy (non-hydrogen) atoms. The maximum absolute atomic E-state index is 12.1. The molecule has 3 aromatic heterocycles. The van der Waals surface area contributed by atoms with Crippen molar-refractivity contribution in [1.82, 2.24) is 19.6 Å². The molecule has 3 aromatic rings. The van der Waals surface area contributed by atoms with Crippen LogP contribution in [-0.4, -0.2) is 31.1 Å². The van der Waals surface area contributed by atoms with Gasteiger partial charge in [0.05, 0.1) is 15.0 Å². The highest BCUT2D eigenvalue weighted by Crippen LogP contribution is 2.25. The number of carbonyl (C=O) groups excluding carboxylic acids is 1. The molecular weight excluding hydrogens is 316 g/mol. The van der Waals surface area contributed by atoms with Crippen LogP contribution in [0, 0.1) is 6.92 Å². The summed E-state index contributed by atoms with van der Waals surface area (Å²) in [7, 11) is 0. The van der Waals surface area contributed by atoms with Crippen LogP contribution >= 0.6 is 34.7 Å². The van der Waals surface area contributed by atoms with Crippen molar-refractivity contribution in [2.24, 2.45) is 0 Å². The fourth-order valence-electron chi connectivity index (χ4n) is 1.67. The maximum atomic E-state index is 12.1. The summed E-state index contributed by atoms with van der Waals surface area (Å²) in [6.45, 7) is 1.89. The van der Waals surface area contributed by atoms with E-state index in [1.54, 1.807) is 16.6 Å². The number of hydrogen-bond acceptors (Lipinski definition) is 6. The number of rotatable bonds is 4. The molecule has 0 radical (unpaired) electrons. The minimum atomic E-state index is 0.0506. The highest BCUT2D eigenvalue weighted by Gasteiger charge is 2.12. The molecule has 3 rings (SSSR count). The molecule has 0 amide bonds. The molecule has 5 nitrogen and oxygen atoms in total. The third kappa shape index (κ3) is 2.70. The van der Waals surface area contributed by atoms with Gasteiger partial charge in [0.15, 0.2) is 5.78 Å². The second kappa shape index (κ2) is 5.51. The average molecular weight is 325 g/mol. The third-order valence-electron chi connectivity index (χ3n) is 2.55. The van der Waals surface area contributed by atoms with Gasteiger partial charge in [0.25, 0.3) is 5.78 Å². The zero-order chi connectivity index (χ0) is 14.1. The topological polar surface area (TPSA) is 60.2 Å². The molecule has 0 aliphatic heterocycles. The van der Waals surface area contributed by atoms with Gasteiger partial charge in [-0.05, 0) is 25.1 Å². The Balaban J connectivity index is 1.80. The lowest BCUT2D eigenvalue weighted by Crippen LogP contribution is -2.03. The largest absolute Gasteiger partial charge is 0.292 e. The Morgan fingerprint density at radius 3 is 3.10 bits per heavy atom. The Hall–Kier alpha value is -1.44. The molecule has 0 spiro atoms. The van der Waals surface area contributed by atoms with Gasteiger partial charge in [-0.2, -0.15) is 14.6 Å². The summed E-state index contributed by atoms with van der Waals surface area (Å²) in [5.41, 5.74) is 0.847. The second-order valence-electron chi connectivity index (χ2n) is 4.02. The van der Waals surface area contributed by atoms with Crippen LogP contribution in [-0.2, 0) is 0 Å². The van der Waals surface area contributed by atoms with Crippen molar-refractivity contribution in [2.75, 3.05) is 5.75 Å². The first-order valence-electron chi connectivity index (χ1n) is 5.72. The van der Waals surface area contributed by atoms with Crippen LogP contribution in [0.4, 0.5) is 0 Å². The molecular formula is C12H9ClN4OS2. The first kappa shape index (κ1) is 13.5. The van der Waals surface area contributed by atoms with Crippen LogP contribution in [0.5, 0.6) is 0 Å². The summed E-state index contributed by atoms with van der Waals surface area (Å²) in [6.07, 6.45) is 1.45. The summed E-state index contributed by atoms with van der Waals surface area (Å²) in [6, 6.07) is 5.37. The summed E-state index contributed by atoms with van der Waals surface area (Å²) in [5, 5.41) is 4.96. The van der Waals surface area contributed by atoms with Crippen LogP contribution in [0.2, 0.25) is 4.34 Å². The first-order valence-corrected chi connectivity index (χ1v) is 7.90. The first-order chi connectivity index (χ1) is 9.63. The number of aryl methyl sites for hydroxylation is 1. The van der Waals surface area contributed by atoms with Crippen molar-refractivity contribution in [3.05, 3.63) is 39.4 Å². The van der Waals surface area contributed by atoms with E-state index >= 15 is 0 Å². The number of thiophene rings is 1. The molecule has 8 heteroatoms. The van der Waals surface area contributed by atoms with E-state index in [0.717, 1.165) is 10.7 Å². The van der Waals surface area contributed by atoms with Crippen molar-refractivity contribution in [2.45, 2.75) is 11.9 Å². The van der Waals surface area contributed by atoms with E-state index in [2.05, 4.69) is 15.1 Å². The van der Waals surface area contributed by atoms with Gasteiger partial charge in [0.2, 0.25) is 0 Å². The third-order valence-corrected chi connectivity index (χ3v) is 4.81. The van der Waals surface area contributed by atoms with E-state index in [1.807, 2.05) is 13.0 Å². The van der Waals surface area contributed by atoms with E-state index in [9.17, 15) is 4.79 Å². The smallest absolute Gasteiger partial charge is 0.253 e. The van der Waals surface area contributed by atoms with Gasteiger partial charge >= 0.3 is 0 Å². The highest BCUT2D eigenvalue weighted by atomic mass is 35.5. The van der Waals surface area contributed by atoms with E-state index in [1.165, 1.54) is 29.4 Å². The van der Waals surface area contributed by atoms with Crippen LogP contribution < -0.4 is 0 Å². The number of carbonyl (C=O) groups is 1.